The van der Waals surface area contributed by atoms with Gasteiger partial charge in [0.2, 0.25) is 0 Å². The number of fused-ring (bicyclic) bond motifs is 1. The van der Waals surface area contributed by atoms with Crippen molar-refractivity contribution in [3.63, 3.8) is 0 Å². The van der Waals surface area contributed by atoms with E-state index in [1.54, 1.807) is 22.7 Å². The minimum absolute atomic E-state index is 0.533. The second kappa shape index (κ2) is 7.28. The summed E-state index contributed by atoms with van der Waals surface area (Å²) in [4.78, 5) is 4.87. The normalized spacial score (nSPS) is 15.2. The maximum absolute atomic E-state index is 4.32. The fourth-order valence-corrected chi connectivity index (χ4v) is 4.88. The van der Waals surface area contributed by atoms with Crippen LogP contribution in [-0.4, -0.2) is 33.5 Å². The number of hydrogen-bond acceptors (Lipinski definition) is 8. The molecule has 0 bridgehead atoms. The summed E-state index contributed by atoms with van der Waals surface area (Å²) in [5.41, 5.74) is 2.51. The van der Waals surface area contributed by atoms with E-state index in [2.05, 4.69) is 61.4 Å². The van der Waals surface area contributed by atoms with E-state index in [9.17, 15) is 0 Å². The lowest BCUT2D eigenvalue weighted by Crippen LogP contribution is -2.30. The van der Waals surface area contributed by atoms with E-state index in [0.717, 1.165) is 46.2 Å². The summed E-state index contributed by atoms with van der Waals surface area (Å²) in [6.45, 7) is 9.93. The summed E-state index contributed by atoms with van der Waals surface area (Å²) in [5.74, 6) is 0.533. The van der Waals surface area contributed by atoms with Gasteiger partial charge >= 0.3 is 0 Å². The van der Waals surface area contributed by atoms with E-state index < -0.39 is 0 Å². The third-order valence-electron chi connectivity index (χ3n) is 4.42. The van der Waals surface area contributed by atoms with Gasteiger partial charge in [0.1, 0.15) is 20.0 Å². The van der Waals surface area contributed by atoms with Crippen molar-refractivity contribution < 1.29 is 0 Å². The molecular formula is C18H22N6S2. The number of para-hydroxylation sites is 2. The van der Waals surface area contributed by atoms with Gasteiger partial charge in [-0.05, 0) is 31.9 Å². The summed E-state index contributed by atoms with van der Waals surface area (Å²) in [5, 5.41) is 21.2. The summed E-state index contributed by atoms with van der Waals surface area (Å²) < 4.78 is 0. The Labute approximate surface area is 161 Å². The Morgan fingerprint density at radius 2 is 1.31 bits per heavy atom. The maximum Gasteiger partial charge on any atom is 0.136 e. The monoisotopic (exact) mass is 386 g/mol. The van der Waals surface area contributed by atoms with Crippen molar-refractivity contribution in [1.29, 1.82) is 0 Å². The molecule has 0 atom stereocenters. The molecular weight excluding hydrogens is 364 g/mol. The third kappa shape index (κ3) is 3.71. The molecule has 0 N–H and O–H groups in total. The predicted molar refractivity (Wildman–Crippen MR) is 107 cm³/mol. The minimum Gasteiger partial charge on any atom is -0.363 e. The molecule has 0 unspecified atom stereocenters. The summed E-state index contributed by atoms with van der Waals surface area (Å²) in [6.07, 6.45) is 0. The first-order chi connectivity index (χ1) is 12.6. The Kier molecular flexibility index (Phi) is 4.86. The smallest absolute Gasteiger partial charge is 0.136 e. The molecule has 0 aliphatic carbocycles. The van der Waals surface area contributed by atoms with Crippen LogP contribution in [0.25, 0.3) is 0 Å². The highest BCUT2D eigenvalue weighted by Gasteiger charge is 2.25. The second-order valence-corrected chi connectivity index (χ2v) is 9.32. The Morgan fingerprint density at radius 3 is 1.69 bits per heavy atom. The molecule has 8 heteroatoms. The molecule has 136 valence electrons. The first kappa shape index (κ1) is 17.4. The largest absolute Gasteiger partial charge is 0.363 e. The Hall–Kier alpha value is -2.06. The number of aryl methyl sites for hydroxylation is 2. The molecule has 1 aliphatic rings. The van der Waals surface area contributed by atoms with E-state index in [0.29, 0.717) is 5.92 Å². The van der Waals surface area contributed by atoms with Crippen LogP contribution in [0.1, 0.15) is 27.0 Å². The Balaban J connectivity index is 1.65. The lowest BCUT2D eigenvalue weighted by Gasteiger charge is -2.26. The minimum atomic E-state index is 0.533. The molecule has 0 spiro atoms. The molecule has 1 aliphatic heterocycles. The van der Waals surface area contributed by atoms with Crippen LogP contribution >= 0.6 is 22.7 Å². The summed E-state index contributed by atoms with van der Waals surface area (Å²) in [6, 6.07) is 8.64. The second-order valence-electron chi connectivity index (χ2n) is 6.78. The van der Waals surface area contributed by atoms with Crippen LogP contribution in [0.15, 0.2) is 24.3 Å². The van der Waals surface area contributed by atoms with Crippen LogP contribution in [-0.2, 0) is 13.1 Å². The van der Waals surface area contributed by atoms with Gasteiger partial charge < -0.3 is 9.80 Å². The van der Waals surface area contributed by atoms with E-state index in [1.165, 1.54) is 11.4 Å². The molecule has 1 aromatic carbocycles. The van der Waals surface area contributed by atoms with Crippen molar-refractivity contribution in [2.75, 3.05) is 22.9 Å². The average Bonchev–Trinajstić information content (AvgIpc) is 3.18. The highest BCUT2D eigenvalue weighted by Crippen LogP contribution is 2.35. The van der Waals surface area contributed by atoms with Gasteiger partial charge in [0.05, 0.1) is 24.5 Å². The van der Waals surface area contributed by atoms with Crippen LogP contribution in [0, 0.1) is 19.8 Å². The first-order valence-corrected chi connectivity index (χ1v) is 10.4. The van der Waals surface area contributed by atoms with Gasteiger partial charge in [-0.25, -0.2) is 0 Å². The number of benzene rings is 1. The number of hydrogen-bond donors (Lipinski definition) is 0. The zero-order valence-electron chi connectivity index (χ0n) is 15.2. The zero-order valence-corrected chi connectivity index (χ0v) is 16.8. The fourth-order valence-electron chi connectivity index (χ4n) is 3.43. The van der Waals surface area contributed by atoms with Crippen LogP contribution in [0.5, 0.6) is 0 Å². The highest BCUT2D eigenvalue weighted by atomic mass is 32.1. The topological polar surface area (TPSA) is 58.0 Å². The van der Waals surface area contributed by atoms with E-state index in [1.807, 2.05) is 13.8 Å². The van der Waals surface area contributed by atoms with Gasteiger partial charge in [-0.2, -0.15) is 0 Å². The molecule has 4 rings (SSSR count). The van der Waals surface area contributed by atoms with Crippen LogP contribution in [0.2, 0.25) is 0 Å². The van der Waals surface area contributed by atoms with Crippen LogP contribution in [0.3, 0.4) is 0 Å². The molecule has 0 fully saturated rings. The molecule has 0 saturated heterocycles. The van der Waals surface area contributed by atoms with Gasteiger partial charge in [-0.1, -0.05) is 41.7 Å². The third-order valence-corrected chi connectivity index (χ3v) is 6.06. The number of aromatic nitrogens is 4. The molecule has 0 radical (unpaired) electrons. The van der Waals surface area contributed by atoms with Crippen LogP contribution in [0.4, 0.5) is 11.4 Å². The zero-order chi connectivity index (χ0) is 18.1. The van der Waals surface area contributed by atoms with Gasteiger partial charge in [-0.3, -0.25) is 0 Å². The van der Waals surface area contributed by atoms with E-state index in [4.69, 9.17) is 0 Å². The van der Waals surface area contributed by atoms with Gasteiger partial charge in [0.15, 0.2) is 0 Å². The molecule has 26 heavy (non-hydrogen) atoms. The van der Waals surface area contributed by atoms with Gasteiger partial charge in [0, 0.05) is 13.1 Å². The average molecular weight is 387 g/mol. The predicted octanol–water partition coefficient (Wildman–Crippen LogP) is 3.67. The van der Waals surface area contributed by atoms with Crippen molar-refractivity contribution in [3.8, 4) is 0 Å². The fraction of sp³-hybridized carbons (Fsp3) is 0.444. The standard InChI is InChI=1S/C18H22N6S2/c1-12-8-23(10-17-21-19-13(2)25-17)15-6-4-5-7-16(15)24(9-12)11-18-22-20-14(3)26-18/h4-7,12H,8-11H2,1-3H3. The number of nitrogens with zero attached hydrogens (tertiary/aromatic N) is 6. The van der Waals surface area contributed by atoms with E-state index in [-0.39, 0.29) is 0 Å². The maximum atomic E-state index is 4.32. The summed E-state index contributed by atoms with van der Waals surface area (Å²) in [7, 11) is 0. The first-order valence-electron chi connectivity index (χ1n) is 8.75. The SMILES string of the molecule is Cc1nnc(CN2CC(C)CN(Cc3nnc(C)s3)c3ccccc32)s1. The van der Waals surface area contributed by atoms with Crippen molar-refractivity contribution in [2.45, 2.75) is 33.9 Å². The molecule has 0 amide bonds. The number of rotatable bonds is 4. The molecule has 0 saturated carbocycles. The lowest BCUT2D eigenvalue weighted by molar-refractivity contribution is 0.554. The molecule has 6 nitrogen and oxygen atoms in total. The molecule has 3 heterocycles. The van der Waals surface area contributed by atoms with E-state index >= 15 is 0 Å². The Bertz CT molecular complexity index is 818. The van der Waals surface area contributed by atoms with Crippen LogP contribution < -0.4 is 9.80 Å². The van der Waals surface area contributed by atoms with Crippen molar-refractivity contribution in [1.82, 2.24) is 20.4 Å². The van der Waals surface area contributed by atoms with Crippen molar-refractivity contribution >= 4 is 34.0 Å². The Morgan fingerprint density at radius 1 is 0.846 bits per heavy atom. The number of anilines is 2. The molecule has 3 aromatic rings. The lowest BCUT2D eigenvalue weighted by atomic mass is 10.1. The van der Waals surface area contributed by atoms with Crippen molar-refractivity contribution in [2.24, 2.45) is 5.92 Å². The highest BCUT2D eigenvalue weighted by molar-refractivity contribution is 7.11. The summed E-state index contributed by atoms with van der Waals surface area (Å²) >= 11 is 3.35. The van der Waals surface area contributed by atoms with Crippen molar-refractivity contribution in [3.05, 3.63) is 44.3 Å². The quantitative estimate of drug-likeness (QED) is 0.682. The van der Waals surface area contributed by atoms with Gasteiger partial charge in [0.25, 0.3) is 0 Å². The van der Waals surface area contributed by atoms with Gasteiger partial charge in [-0.15, -0.1) is 20.4 Å². The molecule has 2 aromatic heterocycles.